The first-order valence-corrected chi connectivity index (χ1v) is 9.09. The fourth-order valence-corrected chi connectivity index (χ4v) is 3.35. The summed E-state index contributed by atoms with van der Waals surface area (Å²) >= 11 is 0. The number of hydrogen-bond donors (Lipinski definition) is 1. The van der Waals surface area contributed by atoms with E-state index in [-0.39, 0.29) is 18.3 Å². The van der Waals surface area contributed by atoms with Crippen LogP contribution in [0.25, 0.3) is 11.4 Å². The molecule has 8 nitrogen and oxygen atoms in total. The van der Waals surface area contributed by atoms with Crippen molar-refractivity contribution in [3.05, 3.63) is 65.5 Å². The highest BCUT2D eigenvalue weighted by molar-refractivity contribution is 6.07. The van der Waals surface area contributed by atoms with Gasteiger partial charge in [-0.05, 0) is 37.1 Å². The van der Waals surface area contributed by atoms with Gasteiger partial charge >= 0.3 is 6.03 Å². The van der Waals surface area contributed by atoms with Crippen molar-refractivity contribution in [2.24, 2.45) is 0 Å². The number of carbonyl (C=O) groups excluding carboxylic acids is 2. The van der Waals surface area contributed by atoms with Crippen molar-refractivity contribution in [3.63, 3.8) is 0 Å². The van der Waals surface area contributed by atoms with Crippen LogP contribution in [-0.2, 0) is 16.9 Å². The molecule has 8 heteroatoms. The molecule has 3 amide bonds. The number of carbonyl (C=O) groups is 2. The molecular weight excluding hydrogens is 372 g/mol. The lowest BCUT2D eigenvalue weighted by Gasteiger charge is -2.22. The second-order valence-corrected chi connectivity index (χ2v) is 7.00. The van der Waals surface area contributed by atoms with Gasteiger partial charge in [0.1, 0.15) is 17.8 Å². The number of hydrogen-bond acceptors (Lipinski definition) is 6. The van der Waals surface area contributed by atoms with Crippen LogP contribution in [0.3, 0.4) is 0 Å². The molecule has 1 N–H and O–H groups in total. The third kappa shape index (κ3) is 3.22. The average Bonchev–Trinajstić information content (AvgIpc) is 3.27. The Morgan fingerprint density at radius 2 is 1.86 bits per heavy atom. The molecule has 2 heterocycles. The van der Waals surface area contributed by atoms with Gasteiger partial charge in [-0.2, -0.15) is 4.98 Å². The molecule has 1 saturated heterocycles. The van der Waals surface area contributed by atoms with Crippen LogP contribution in [0.1, 0.15) is 23.9 Å². The fourth-order valence-electron chi connectivity index (χ4n) is 3.35. The van der Waals surface area contributed by atoms with Crippen molar-refractivity contribution in [2.75, 3.05) is 7.11 Å². The average molecular weight is 392 g/mol. The molecule has 1 aromatic heterocycles. The van der Waals surface area contributed by atoms with Crippen LogP contribution < -0.4 is 10.1 Å². The molecule has 0 saturated carbocycles. The zero-order valence-corrected chi connectivity index (χ0v) is 16.3. The van der Waals surface area contributed by atoms with Gasteiger partial charge in [0.2, 0.25) is 11.7 Å². The maximum atomic E-state index is 13.0. The van der Waals surface area contributed by atoms with Crippen molar-refractivity contribution in [2.45, 2.75) is 25.9 Å². The minimum absolute atomic E-state index is 0.102. The van der Waals surface area contributed by atoms with Gasteiger partial charge in [-0.3, -0.25) is 9.69 Å². The second-order valence-electron chi connectivity index (χ2n) is 7.00. The van der Waals surface area contributed by atoms with Crippen LogP contribution in [-0.4, -0.2) is 34.1 Å². The summed E-state index contributed by atoms with van der Waals surface area (Å²) in [6.07, 6.45) is 0. The van der Waals surface area contributed by atoms with Crippen molar-refractivity contribution in [1.29, 1.82) is 0 Å². The minimum Gasteiger partial charge on any atom is -0.497 e. The lowest BCUT2D eigenvalue weighted by molar-refractivity contribution is -0.131. The highest BCUT2D eigenvalue weighted by Crippen LogP contribution is 2.31. The highest BCUT2D eigenvalue weighted by atomic mass is 16.5. The van der Waals surface area contributed by atoms with Crippen LogP contribution in [0.5, 0.6) is 5.75 Å². The standard InChI is InChI=1S/C21H20N4O4/c1-13-6-4-5-7-16(13)18-22-17(29-24-18)12-25-19(26)21(2,23-20(25)27)14-8-10-15(28-3)11-9-14/h4-11H,12H2,1-3H3,(H,23,27). The van der Waals surface area contributed by atoms with Crippen LogP contribution >= 0.6 is 0 Å². The monoisotopic (exact) mass is 392 g/mol. The van der Waals surface area contributed by atoms with E-state index in [2.05, 4.69) is 15.5 Å². The van der Waals surface area contributed by atoms with E-state index in [0.29, 0.717) is 17.1 Å². The van der Waals surface area contributed by atoms with Gasteiger partial charge in [-0.1, -0.05) is 41.6 Å². The first-order chi connectivity index (χ1) is 13.9. The molecule has 0 spiro atoms. The maximum absolute atomic E-state index is 13.0. The number of benzene rings is 2. The number of imide groups is 1. The molecule has 1 fully saturated rings. The Labute approximate surface area is 167 Å². The molecule has 2 aromatic carbocycles. The SMILES string of the molecule is COc1ccc(C2(C)NC(=O)N(Cc3nc(-c4ccccc4C)no3)C2=O)cc1. The summed E-state index contributed by atoms with van der Waals surface area (Å²) in [5.74, 6) is 0.887. The Morgan fingerprint density at radius 3 is 2.55 bits per heavy atom. The summed E-state index contributed by atoms with van der Waals surface area (Å²) in [7, 11) is 1.57. The molecule has 4 rings (SSSR count). The van der Waals surface area contributed by atoms with E-state index in [1.807, 2.05) is 31.2 Å². The summed E-state index contributed by atoms with van der Waals surface area (Å²) in [5, 5.41) is 6.74. The number of nitrogens with zero attached hydrogens (tertiary/aromatic N) is 3. The van der Waals surface area contributed by atoms with E-state index in [1.54, 1.807) is 38.3 Å². The van der Waals surface area contributed by atoms with E-state index >= 15 is 0 Å². The van der Waals surface area contributed by atoms with E-state index < -0.39 is 11.6 Å². The van der Waals surface area contributed by atoms with Crippen molar-refractivity contribution in [1.82, 2.24) is 20.4 Å². The summed E-state index contributed by atoms with van der Waals surface area (Å²) in [6, 6.07) is 14.1. The smallest absolute Gasteiger partial charge is 0.325 e. The van der Waals surface area contributed by atoms with Crippen molar-refractivity contribution >= 4 is 11.9 Å². The minimum atomic E-state index is -1.18. The molecule has 1 aliphatic heterocycles. The fraction of sp³-hybridized carbons (Fsp3) is 0.238. The number of aryl methyl sites for hydroxylation is 1. The van der Waals surface area contributed by atoms with E-state index in [4.69, 9.17) is 9.26 Å². The lowest BCUT2D eigenvalue weighted by atomic mass is 9.92. The predicted molar refractivity (Wildman–Crippen MR) is 104 cm³/mol. The first kappa shape index (κ1) is 18.7. The first-order valence-electron chi connectivity index (χ1n) is 9.09. The van der Waals surface area contributed by atoms with Crippen molar-refractivity contribution in [3.8, 4) is 17.1 Å². The zero-order chi connectivity index (χ0) is 20.6. The Morgan fingerprint density at radius 1 is 1.14 bits per heavy atom. The number of rotatable bonds is 5. The van der Waals surface area contributed by atoms with Gasteiger partial charge in [0, 0.05) is 5.56 Å². The zero-order valence-electron chi connectivity index (χ0n) is 16.3. The Bertz CT molecular complexity index is 1080. The van der Waals surface area contributed by atoms with Gasteiger partial charge in [0.05, 0.1) is 7.11 Å². The number of methoxy groups -OCH3 is 1. The summed E-state index contributed by atoms with van der Waals surface area (Å²) in [5.41, 5.74) is 1.32. The second kappa shape index (κ2) is 7.05. The van der Waals surface area contributed by atoms with Gasteiger partial charge in [0.15, 0.2) is 0 Å². The van der Waals surface area contributed by atoms with Crippen LogP contribution in [0.4, 0.5) is 4.79 Å². The topological polar surface area (TPSA) is 97.6 Å². The Hall–Kier alpha value is -3.68. The number of urea groups is 1. The Kier molecular flexibility index (Phi) is 4.54. The van der Waals surface area contributed by atoms with Gasteiger partial charge in [-0.25, -0.2) is 4.79 Å². The lowest BCUT2D eigenvalue weighted by Crippen LogP contribution is -2.40. The van der Waals surface area contributed by atoms with E-state index in [9.17, 15) is 9.59 Å². The van der Waals surface area contributed by atoms with Crippen LogP contribution in [0, 0.1) is 6.92 Å². The molecule has 29 heavy (non-hydrogen) atoms. The quantitative estimate of drug-likeness (QED) is 0.671. The number of aromatic nitrogens is 2. The molecule has 1 unspecified atom stereocenters. The van der Waals surface area contributed by atoms with Crippen LogP contribution in [0.2, 0.25) is 0 Å². The molecule has 3 aromatic rings. The van der Waals surface area contributed by atoms with Gasteiger partial charge in [-0.15, -0.1) is 0 Å². The molecule has 1 atom stereocenters. The Balaban J connectivity index is 1.56. The van der Waals surface area contributed by atoms with E-state index in [1.165, 1.54) is 0 Å². The van der Waals surface area contributed by atoms with Gasteiger partial charge in [0.25, 0.3) is 5.91 Å². The predicted octanol–water partition coefficient (Wildman–Crippen LogP) is 3.02. The molecule has 0 bridgehead atoms. The third-order valence-electron chi connectivity index (χ3n) is 5.09. The number of amides is 3. The highest BCUT2D eigenvalue weighted by Gasteiger charge is 2.49. The molecule has 0 aliphatic carbocycles. The van der Waals surface area contributed by atoms with Crippen LogP contribution in [0.15, 0.2) is 53.1 Å². The third-order valence-corrected chi connectivity index (χ3v) is 5.09. The normalized spacial score (nSPS) is 18.8. The molecule has 1 aliphatic rings. The molecule has 0 radical (unpaired) electrons. The summed E-state index contributed by atoms with van der Waals surface area (Å²) < 4.78 is 10.4. The van der Waals surface area contributed by atoms with E-state index in [0.717, 1.165) is 16.0 Å². The maximum Gasteiger partial charge on any atom is 0.325 e. The number of nitrogens with one attached hydrogen (secondary N) is 1. The largest absolute Gasteiger partial charge is 0.497 e. The van der Waals surface area contributed by atoms with Gasteiger partial charge < -0.3 is 14.6 Å². The molecular formula is C21H20N4O4. The van der Waals surface area contributed by atoms with Crippen molar-refractivity contribution < 1.29 is 18.8 Å². The summed E-state index contributed by atoms with van der Waals surface area (Å²) in [4.78, 5) is 31.0. The number of ether oxygens (including phenoxy) is 1. The summed E-state index contributed by atoms with van der Waals surface area (Å²) in [6.45, 7) is 3.51. The molecule has 148 valence electrons.